The second-order valence-electron chi connectivity index (χ2n) is 6.29. The number of methoxy groups -OCH3 is 1. The molecule has 2 aromatic carbocycles. The highest BCUT2D eigenvalue weighted by atomic mass is 16.6. The van der Waals surface area contributed by atoms with Crippen LogP contribution in [0.4, 0.5) is 5.69 Å². The molecule has 1 heterocycles. The number of carbonyl (C=O) groups is 1. The highest BCUT2D eigenvalue weighted by Gasteiger charge is 2.24. The Morgan fingerprint density at radius 2 is 2.04 bits per heavy atom. The quantitative estimate of drug-likeness (QED) is 0.523. The molecule has 28 heavy (non-hydrogen) atoms. The van der Waals surface area contributed by atoms with E-state index in [1.54, 1.807) is 32.5 Å². The molecular weight excluding hydrogens is 360 g/mol. The van der Waals surface area contributed by atoms with Crippen LogP contribution in [0.15, 0.2) is 54.9 Å². The average Bonchev–Trinajstić information content (AvgIpc) is 3.11. The molecule has 1 aromatic heterocycles. The van der Waals surface area contributed by atoms with Crippen LogP contribution in [0.2, 0.25) is 0 Å². The summed E-state index contributed by atoms with van der Waals surface area (Å²) in [7, 11) is 3.40. The Labute approximate surface area is 161 Å². The van der Waals surface area contributed by atoms with Crippen LogP contribution in [-0.2, 0) is 7.05 Å². The van der Waals surface area contributed by atoms with Crippen molar-refractivity contribution < 1.29 is 14.5 Å². The number of aryl methyl sites for hydroxylation is 1. The molecule has 0 fully saturated rings. The number of imidazole rings is 1. The van der Waals surface area contributed by atoms with Crippen molar-refractivity contribution >= 4 is 11.6 Å². The molecule has 0 aliphatic carbocycles. The van der Waals surface area contributed by atoms with Crippen LogP contribution in [0.3, 0.4) is 0 Å². The maximum atomic E-state index is 13.0. The zero-order valence-corrected chi connectivity index (χ0v) is 15.7. The van der Waals surface area contributed by atoms with Crippen LogP contribution in [0, 0.1) is 17.0 Å². The highest BCUT2D eigenvalue weighted by molar-refractivity contribution is 5.97. The molecule has 0 radical (unpaired) electrons. The third-order valence-electron chi connectivity index (χ3n) is 4.57. The molecule has 0 saturated carbocycles. The van der Waals surface area contributed by atoms with Crippen molar-refractivity contribution in [2.75, 3.05) is 7.11 Å². The van der Waals surface area contributed by atoms with E-state index in [2.05, 4.69) is 10.3 Å². The largest absolute Gasteiger partial charge is 0.497 e. The van der Waals surface area contributed by atoms with E-state index in [1.165, 1.54) is 12.1 Å². The van der Waals surface area contributed by atoms with Crippen molar-refractivity contribution in [1.82, 2.24) is 14.9 Å². The highest BCUT2D eigenvalue weighted by Crippen LogP contribution is 2.26. The second-order valence-corrected chi connectivity index (χ2v) is 6.29. The van der Waals surface area contributed by atoms with Gasteiger partial charge in [0, 0.05) is 36.6 Å². The Kier molecular flexibility index (Phi) is 5.39. The molecule has 1 unspecified atom stereocenters. The first-order valence-corrected chi connectivity index (χ1v) is 8.58. The van der Waals surface area contributed by atoms with E-state index in [1.807, 2.05) is 35.9 Å². The van der Waals surface area contributed by atoms with Crippen LogP contribution >= 0.6 is 0 Å². The Balaban J connectivity index is 2.01. The van der Waals surface area contributed by atoms with E-state index in [-0.39, 0.29) is 11.3 Å². The first-order valence-electron chi connectivity index (χ1n) is 8.58. The summed E-state index contributed by atoms with van der Waals surface area (Å²) < 4.78 is 7.10. The van der Waals surface area contributed by atoms with E-state index in [4.69, 9.17) is 4.74 Å². The van der Waals surface area contributed by atoms with E-state index in [0.717, 1.165) is 5.56 Å². The first-order chi connectivity index (χ1) is 13.4. The van der Waals surface area contributed by atoms with Gasteiger partial charge in [0.1, 0.15) is 17.6 Å². The summed E-state index contributed by atoms with van der Waals surface area (Å²) in [5, 5.41) is 14.1. The molecular formula is C20H20N4O4. The molecule has 0 saturated heterocycles. The van der Waals surface area contributed by atoms with Crippen LogP contribution in [0.5, 0.6) is 5.75 Å². The fraction of sp³-hybridized carbons (Fsp3) is 0.200. The zero-order valence-electron chi connectivity index (χ0n) is 15.7. The summed E-state index contributed by atoms with van der Waals surface area (Å²) in [5.41, 5.74) is 1.25. The van der Waals surface area contributed by atoms with Gasteiger partial charge in [0.15, 0.2) is 0 Å². The summed E-state index contributed by atoms with van der Waals surface area (Å²) >= 11 is 0. The van der Waals surface area contributed by atoms with Crippen LogP contribution < -0.4 is 10.1 Å². The van der Waals surface area contributed by atoms with E-state index in [9.17, 15) is 14.9 Å². The first kappa shape index (κ1) is 19.1. The van der Waals surface area contributed by atoms with Crippen molar-refractivity contribution in [1.29, 1.82) is 0 Å². The van der Waals surface area contributed by atoms with E-state index >= 15 is 0 Å². The number of benzene rings is 2. The van der Waals surface area contributed by atoms with Gasteiger partial charge in [0.05, 0.1) is 12.0 Å². The normalized spacial score (nSPS) is 11.7. The van der Waals surface area contributed by atoms with Gasteiger partial charge < -0.3 is 14.6 Å². The number of hydrogen-bond acceptors (Lipinski definition) is 5. The Bertz CT molecular complexity index is 1030. The monoisotopic (exact) mass is 380 g/mol. The number of amides is 1. The number of nitro groups is 1. The number of aromatic nitrogens is 2. The minimum Gasteiger partial charge on any atom is -0.497 e. The number of hydrogen-bond donors (Lipinski definition) is 1. The van der Waals surface area contributed by atoms with Gasteiger partial charge in [-0.2, -0.15) is 0 Å². The number of nitro benzene ring substituents is 1. The SMILES string of the molecule is COc1cccc(C(NC(=O)c2cccc([N+](=O)[O-])c2C)c2nccn2C)c1. The second kappa shape index (κ2) is 7.91. The smallest absolute Gasteiger partial charge is 0.273 e. The van der Waals surface area contributed by atoms with Gasteiger partial charge in [-0.25, -0.2) is 4.98 Å². The molecule has 1 atom stereocenters. The zero-order chi connectivity index (χ0) is 20.3. The predicted octanol–water partition coefficient (Wildman–Crippen LogP) is 3.16. The van der Waals surface area contributed by atoms with Crippen molar-refractivity contribution in [2.24, 2.45) is 7.05 Å². The maximum Gasteiger partial charge on any atom is 0.273 e. The number of nitrogens with one attached hydrogen (secondary N) is 1. The number of rotatable bonds is 6. The van der Waals surface area contributed by atoms with Gasteiger partial charge in [0.25, 0.3) is 11.6 Å². The van der Waals surface area contributed by atoms with Crippen LogP contribution in [0.1, 0.15) is 33.4 Å². The van der Waals surface area contributed by atoms with E-state index < -0.39 is 16.9 Å². The summed E-state index contributed by atoms with van der Waals surface area (Å²) in [6.07, 6.45) is 3.43. The summed E-state index contributed by atoms with van der Waals surface area (Å²) in [4.78, 5) is 28.0. The number of carbonyl (C=O) groups excluding carboxylic acids is 1. The molecule has 1 amide bonds. The van der Waals surface area contributed by atoms with Crippen molar-refractivity contribution in [2.45, 2.75) is 13.0 Å². The molecule has 144 valence electrons. The molecule has 3 rings (SSSR count). The molecule has 0 aliphatic heterocycles. The average molecular weight is 380 g/mol. The summed E-state index contributed by atoms with van der Waals surface area (Å²) in [5.74, 6) is 0.860. The molecule has 8 nitrogen and oxygen atoms in total. The van der Waals surface area contributed by atoms with Gasteiger partial charge in [0.2, 0.25) is 0 Å². The van der Waals surface area contributed by atoms with Crippen molar-refractivity contribution in [3.63, 3.8) is 0 Å². The lowest BCUT2D eigenvalue weighted by Crippen LogP contribution is -2.31. The fourth-order valence-electron chi connectivity index (χ4n) is 3.05. The van der Waals surface area contributed by atoms with Crippen LogP contribution in [-0.4, -0.2) is 27.5 Å². The Morgan fingerprint density at radius 1 is 1.29 bits per heavy atom. The molecule has 0 aliphatic rings. The van der Waals surface area contributed by atoms with Gasteiger partial charge in [-0.15, -0.1) is 0 Å². The van der Waals surface area contributed by atoms with Gasteiger partial charge >= 0.3 is 0 Å². The fourth-order valence-corrected chi connectivity index (χ4v) is 3.05. The van der Waals surface area contributed by atoms with Crippen LogP contribution in [0.25, 0.3) is 0 Å². The minimum atomic E-state index is -0.554. The Hall–Kier alpha value is -3.68. The topological polar surface area (TPSA) is 99.3 Å². The van der Waals surface area contributed by atoms with Gasteiger partial charge in [-0.05, 0) is 30.7 Å². The maximum absolute atomic E-state index is 13.0. The number of ether oxygens (including phenoxy) is 1. The van der Waals surface area contributed by atoms with Gasteiger partial charge in [-0.3, -0.25) is 14.9 Å². The van der Waals surface area contributed by atoms with E-state index in [0.29, 0.717) is 17.1 Å². The number of nitrogens with zero attached hydrogens (tertiary/aromatic N) is 3. The lowest BCUT2D eigenvalue weighted by atomic mass is 10.0. The molecule has 1 N–H and O–H groups in total. The van der Waals surface area contributed by atoms with Gasteiger partial charge in [-0.1, -0.05) is 18.2 Å². The molecule has 3 aromatic rings. The molecule has 0 spiro atoms. The Morgan fingerprint density at radius 3 is 2.68 bits per heavy atom. The van der Waals surface area contributed by atoms with Crippen molar-refractivity contribution in [3.8, 4) is 5.75 Å². The standard InChI is InChI=1S/C20H20N4O4/c1-13-16(8-5-9-17(13)24(26)27)20(25)22-18(19-21-10-11-23(19)2)14-6-4-7-15(12-14)28-3/h4-12,18H,1-3H3,(H,22,25). The van der Waals surface area contributed by atoms with Crippen molar-refractivity contribution in [3.05, 3.63) is 87.5 Å². The molecule has 0 bridgehead atoms. The molecule has 8 heteroatoms. The lowest BCUT2D eigenvalue weighted by molar-refractivity contribution is -0.385. The third kappa shape index (κ3) is 3.71. The predicted molar refractivity (Wildman–Crippen MR) is 103 cm³/mol. The minimum absolute atomic E-state index is 0.0948. The summed E-state index contributed by atoms with van der Waals surface area (Å²) in [6, 6.07) is 11.2. The lowest BCUT2D eigenvalue weighted by Gasteiger charge is -2.20. The third-order valence-corrected chi connectivity index (χ3v) is 4.57. The summed E-state index contributed by atoms with van der Waals surface area (Å²) in [6.45, 7) is 1.56.